The molecule has 34 heavy (non-hydrogen) atoms. The Kier molecular flexibility index (Phi) is 6.96. The van der Waals surface area contributed by atoms with Gasteiger partial charge in [0.25, 0.3) is 11.8 Å². The van der Waals surface area contributed by atoms with Crippen molar-refractivity contribution in [2.75, 3.05) is 26.5 Å². The van der Waals surface area contributed by atoms with Crippen LogP contribution >= 0.6 is 0 Å². The lowest BCUT2D eigenvalue weighted by Gasteiger charge is -2.15. The quantitative estimate of drug-likeness (QED) is 0.446. The van der Waals surface area contributed by atoms with Gasteiger partial charge in [0.05, 0.1) is 16.8 Å². The lowest BCUT2D eigenvalue weighted by Crippen LogP contribution is -2.31. The fourth-order valence-corrected chi connectivity index (χ4v) is 4.06. The number of aryl methyl sites for hydroxylation is 1. The number of hydrogen-bond donors (Lipinski definition) is 4. The smallest absolute Gasteiger partial charge is 0.345 e. The van der Waals surface area contributed by atoms with Crippen LogP contribution in [0.4, 0.5) is 5.69 Å². The van der Waals surface area contributed by atoms with E-state index in [1.165, 1.54) is 30.1 Å². The number of anilines is 1. The van der Waals surface area contributed by atoms with Crippen molar-refractivity contribution in [2.24, 2.45) is 9.39 Å². The van der Waals surface area contributed by atoms with E-state index < -0.39 is 22.2 Å². The number of benzene rings is 1. The number of para-hydroxylation sites is 1. The minimum absolute atomic E-state index is 0.0297. The first-order valence-corrected chi connectivity index (χ1v) is 11.7. The first-order valence-electron chi connectivity index (χ1n) is 10.3. The number of carbonyl (C=O) groups excluding carboxylic acids is 2. The van der Waals surface area contributed by atoms with E-state index in [-0.39, 0.29) is 34.6 Å². The van der Waals surface area contributed by atoms with Crippen LogP contribution in [0, 0.1) is 6.92 Å². The van der Waals surface area contributed by atoms with Gasteiger partial charge >= 0.3 is 10.2 Å². The third-order valence-electron chi connectivity index (χ3n) is 5.00. The topological polar surface area (TPSA) is 166 Å². The second-order valence-electron chi connectivity index (χ2n) is 7.64. The number of furan rings is 1. The molecule has 2 aromatic rings. The number of nitrogens with zero attached hydrogens (tertiary/aromatic N) is 3. The van der Waals surface area contributed by atoms with Gasteiger partial charge in [-0.05, 0) is 31.5 Å². The molecule has 1 aromatic heterocycles. The lowest BCUT2D eigenvalue weighted by molar-refractivity contribution is 0.0824. The van der Waals surface area contributed by atoms with Crippen LogP contribution in [0.5, 0.6) is 5.75 Å². The number of phenolic OH excluding ortho intramolecular Hbond substituents is 1. The van der Waals surface area contributed by atoms with Gasteiger partial charge in [-0.3, -0.25) is 14.6 Å². The number of nitrogens with one attached hydrogen (secondary N) is 3. The highest BCUT2D eigenvalue weighted by Crippen LogP contribution is 2.30. The van der Waals surface area contributed by atoms with Crippen LogP contribution in [-0.2, 0) is 10.2 Å². The Bertz CT molecular complexity index is 1290. The van der Waals surface area contributed by atoms with Gasteiger partial charge in [-0.25, -0.2) is 4.72 Å². The molecular weight excluding hydrogens is 464 g/mol. The maximum Gasteiger partial charge on any atom is 0.345 e. The molecular formula is C21H26N6O6S. The Labute approximate surface area is 197 Å². The van der Waals surface area contributed by atoms with Crippen molar-refractivity contribution in [1.82, 2.24) is 14.9 Å². The minimum atomic E-state index is -4.08. The molecule has 1 aliphatic heterocycles. The maximum absolute atomic E-state index is 12.3. The molecule has 4 N–H and O–H groups in total. The van der Waals surface area contributed by atoms with E-state index in [0.29, 0.717) is 23.5 Å². The Balaban J connectivity index is 1.97. The second-order valence-corrected chi connectivity index (χ2v) is 8.98. The molecule has 0 radical (unpaired) electrons. The normalized spacial score (nSPS) is 16.5. The summed E-state index contributed by atoms with van der Waals surface area (Å²) in [6.45, 7) is 3.47. The minimum Gasteiger partial charge on any atom is -0.505 e. The molecule has 0 spiro atoms. The molecule has 182 valence electrons. The van der Waals surface area contributed by atoms with E-state index in [2.05, 4.69) is 24.7 Å². The van der Waals surface area contributed by atoms with Crippen LogP contribution in [0.3, 0.4) is 0 Å². The number of amides is 2. The third-order valence-corrected chi connectivity index (χ3v) is 5.87. The van der Waals surface area contributed by atoms with Gasteiger partial charge in [-0.15, -0.1) is 4.40 Å². The average molecular weight is 491 g/mol. The van der Waals surface area contributed by atoms with Crippen LogP contribution in [0.25, 0.3) is 0 Å². The molecule has 0 saturated heterocycles. The summed E-state index contributed by atoms with van der Waals surface area (Å²) < 4.78 is 35.9. The fraction of sp³-hybridized carbons (Fsp3) is 0.333. The zero-order valence-corrected chi connectivity index (χ0v) is 20.1. The molecule has 12 nitrogen and oxygen atoms in total. The number of aromatic hydroxyl groups is 1. The van der Waals surface area contributed by atoms with Crippen molar-refractivity contribution < 1.29 is 27.5 Å². The van der Waals surface area contributed by atoms with E-state index in [1.54, 1.807) is 27.1 Å². The summed E-state index contributed by atoms with van der Waals surface area (Å²) in [6.07, 6.45) is 0.427. The highest BCUT2D eigenvalue weighted by Gasteiger charge is 2.30. The number of hydrogen-bond acceptors (Lipinski definition) is 8. The first kappa shape index (κ1) is 24.8. The molecule has 0 fully saturated rings. The van der Waals surface area contributed by atoms with Crippen molar-refractivity contribution in [2.45, 2.75) is 26.3 Å². The summed E-state index contributed by atoms with van der Waals surface area (Å²) in [4.78, 5) is 30.1. The van der Waals surface area contributed by atoms with E-state index in [1.807, 2.05) is 6.92 Å². The molecule has 3 rings (SSSR count). The molecule has 1 atom stereocenters. The maximum atomic E-state index is 12.3. The summed E-state index contributed by atoms with van der Waals surface area (Å²) >= 11 is 0. The Hall–Kier alpha value is -3.87. The van der Waals surface area contributed by atoms with Crippen LogP contribution in [-0.4, -0.2) is 63.1 Å². The molecule has 0 saturated carbocycles. The van der Waals surface area contributed by atoms with Crippen molar-refractivity contribution in [1.29, 1.82) is 0 Å². The number of phenols is 1. The van der Waals surface area contributed by atoms with Gasteiger partial charge in [0.2, 0.25) is 0 Å². The zero-order valence-electron chi connectivity index (χ0n) is 19.3. The van der Waals surface area contributed by atoms with Crippen LogP contribution in [0.2, 0.25) is 0 Å². The summed E-state index contributed by atoms with van der Waals surface area (Å²) in [5, 5.41) is 15.8. The highest BCUT2D eigenvalue weighted by atomic mass is 32.2. The summed E-state index contributed by atoms with van der Waals surface area (Å²) in [5.41, 5.74) is 0.450. The standard InChI is InChI=1S/C21H26N6O6S/c1-6-14(16-10-13(11(2)33-16)20(29)22-3)23-18-19(26-34(31,32)25-18)24-15-9-7-8-12(17(15)28)21(30)27(4)5/h7-10,14,28H,6H2,1-5H3,(H,22,29)(H,23,25)(H,24,26). The summed E-state index contributed by atoms with van der Waals surface area (Å²) in [5.74, 6) is -0.610. The van der Waals surface area contributed by atoms with Gasteiger partial charge in [0.15, 0.2) is 17.4 Å². The molecule has 0 bridgehead atoms. The lowest BCUT2D eigenvalue weighted by atomic mass is 10.1. The monoisotopic (exact) mass is 490 g/mol. The van der Waals surface area contributed by atoms with Gasteiger partial charge < -0.3 is 25.1 Å². The Morgan fingerprint density at radius 3 is 2.62 bits per heavy atom. The van der Waals surface area contributed by atoms with Gasteiger partial charge in [-0.1, -0.05) is 13.0 Å². The van der Waals surface area contributed by atoms with Crippen molar-refractivity contribution >= 4 is 39.4 Å². The molecule has 0 aliphatic carbocycles. The van der Waals surface area contributed by atoms with Crippen molar-refractivity contribution in [3.05, 3.63) is 46.9 Å². The fourth-order valence-electron chi connectivity index (χ4n) is 3.25. The van der Waals surface area contributed by atoms with Gasteiger partial charge in [-0.2, -0.15) is 8.42 Å². The number of rotatable bonds is 6. The Morgan fingerprint density at radius 2 is 2.00 bits per heavy atom. The van der Waals surface area contributed by atoms with E-state index >= 15 is 0 Å². The summed E-state index contributed by atoms with van der Waals surface area (Å²) in [6, 6.07) is 5.38. The van der Waals surface area contributed by atoms with E-state index in [9.17, 15) is 23.1 Å². The van der Waals surface area contributed by atoms with E-state index in [0.717, 1.165) is 0 Å². The van der Waals surface area contributed by atoms with Crippen molar-refractivity contribution in [3.63, 3.8) is 0 Å². The van der Waals surface area contributed by atoms with Crippen molar-refractivity contribution in [3.8, 4) is 5.75 Å². The second kappa shape index (κ2) is 9.55. The largest absolute Gasteiger partial charge is 0.505 e. The Morgan fingerprint density at radius 1 is 1.29 bits per heavy atom. The number of amidine groups is 2. The predicted octanol–water partition coefficient (Wildman–Crippen LogP) is 1.56. The number of carbonyl (C=O) groups is 2. The summed E-state index contributed by atoms with van der Waals surface area (Å²) in [7, 11) is 0.509. The van der Waals surface area contributed by atoms with Gasteiger partial charge in [0.1, 0.15) is 17.6 Å². The SMILES string of the molecule is CCC(N=C1NS(=O)(=O)N=C1Nc1cccc(C(=O)N(C)C)c1O)c1cc(C(=O)NC)c(C)o1. The third kappa shape index (κ3) is 5.03. The zero-order chi connectivity index (χ0) is 25.2. The average Bonchev–Trinajstić information content (AvgIpc) is 3.30. The number of aliphatic imine (C=N–C) groups is 1. The van der Waals surface area contributed by atoms with E-state index in [4.69, 9.17) is 4.42 Å². The molecule has 1 aliphatic rings. The van der Waals surface area contributed by atoms with Crippen LogP contribution < -0.4 is 15.4 Å². The highest BCUT2D eigenvalue weighted by molar-refractivity contribution is 7.89. The molecule has 13 heteroatoms. The molecule has 2 heterocycles. The molecule has 1 unspecified atom stereocenters. The molecule has 1 aromatic carbocycles. The van der Waals surface area contributed by atoms with Crippen LogP contribution in [0.15, 0.2) is 38.1 Å². The van der Waals surface area contributed by atoms with Crippen LogP contribution in [0.1, 0.15) is 51.6 Å². The molecule has 2 amide bonds. The first-order chi connectivity index (χ1) is 16.0. The van der Waals surface area contributed by atoms with Gasteiger partial charge in [0, 0.05) is 21.1 Å². The predicted molar refractivity (Wildman–Crippen MR) is 127 cm³/mol.